The lowest BCUT2D eigenvalue weighted by Crippen LogP contribution is -2.30. The highest BCUT2D eigenvalue weighted by atomic mass is 16.2. The molecule has 0 radical (unpaired) electrons. The summed E-state index contributed by atoms with van der Waals surface area (Å²) in [5.41, 5.74) is 4.92. The number of fused-ring (bicyclic) bond motifs is 1. The number of hydrogen-bond acceptors (Lipinski definition) is 2. The van der Waals surface area contributed by atoms with Crippen LogP contribution in [0.25, 0.3) is 10.9 Å². The first-order valence-electron chi connectivity index (χ1n) is 6.74. The summed E-state index contributed by atoms with van der Waals surface area (Å²) in [5, 5.41) is 3.85. The molecule has 0 saturated carbocycles. The highest BCUT2D eigenvalue weighted by Crippen LogP contribution is 2.24. The summed E-state index contributed by atoms with van der Waals surface area (Å²) < 4.78 is 2.10. The summed E-state index contributed by atoms with van der Waals surface area (Å²) in [4.78, 5) is 22.1. The number of benzene rings is 1. The van der Waals surface area contributed by atoms with E-state index in [2.05, 4.69) is 42.1 Å². The summed E-state index contributed by atoms with van der Waals surface area (Å²) in [5.74, 6) is -0.966. The fraction of sp³-hybridized carbons (Fsp3) is 0.375. The molecular formula is C16H20N2O2. The van der Waals surface area contributed by atoms with Crippen molar-refractivity contribution in [2.75, 3.05) is 6.54 Å². The number of aryl methyl sites for hydroxylation is 3. The number of aromatic nitrogens is 1. The lowest BCUT2D eigenvalue weighted by molar-refractivity contribution is -0.136. The van der Waals surface area contributed by atoms with Crippen LogP contribution in [0.2, 0.25) is 0 Å². The van der Waals surface area contributed by atoms with Crippen LogP contribution in [0.15, 0.2) is 18.3 Å². The number of nitrogens with one attached hydrogen (secondary N) is 1. The topological polar surface area (TPSA) is 51.1 Å². The third kappa shape index (κ3) is 2.74. The van der Waals surface area contributed by atoms with Gasteiger partial charge in [-0.1, -0.05) is 0 Å². The van der Waals surface area contributed by atoms with E-state index >= 15 is 0 Å². The molecule has 0 aliphatic heterocycles. The summed E-state index contributed by atoms with van der Waals surface area (Å²) in [6, 6.07) is 4.37. The molecule has 1 N–H and O–H groups in total. The van der Waals surface area contributed by atoms with Crippen molar-refractivity contribution >= 4 is 22.6 Å². The predicted octanol–water partition coefficient (Wildman–Crippen LogP) is 2.04. The van der Waals surface area contributed by atoms with Gasteiger partial charge in [0.2, 0.25) is 5.78 Å². The van der Waals surface area contributed by atoms with E-state index in [9.17, 15) is 9.59 Å². The van der Waals surface area contributed by atoms with E-state index in [0.29, 0.717) is 6.54 Å². The van der Waals surface area contributed by atoms with E-state index in [4.69, 9.17) is 0 Å². The molecule has 0 bridgehead atoms. The molecule has 4 nitrogen and oxygen atoms in total. The Balaban J connectivity index is 2.21. The summed E-state index contributed by atoms with van der Waals surface area (Å²) in [6.07, 6.45) is 2.81. The number of nitrogens with zero attached hydrogens (tertiary/aromatic N) is 1. The van der Waals surface area contributed by atoms with Crippen molar-refractivity contribution in [1.82, 2.24) is 9.88 Å². The van der Waals surface area contributed by atoms with Crippen LogP contribution in [-0.2, 0) is 23.1 Å². The van der Waals surface area contributed by atoms with Gasteiger partial charge in [0.25, 0.3) is 5.91 Å². The maximum atomic E-state index is 11.2. The van der Waals surface area contributed by atoms with Gasteiger partial charge < -0.3 is 9.88 Å². The second kappa shape index (κ2) is 5.49. The summed E-state index contributed by atoms with van der Waals surface area (Å²) >= 11 is 0. The van der Waals surface area contributed by atoms with Crippen molar-refractivity contribution in [3.05, 3.63) is 35.0 Å². The monoisotopic (exact) mass is 272 g/mol. The van der Waals surface area contributed by atoms with Gasteiger partial charge in [-0.25, -0.2) is 0 Å². The van der Waals surface area contributed by atoms with Gasteiger partial charge in [-0.3, -0.25) is 9.59 Å². The zero-order valence-electron chi connectivity index (χ0n) is 12.4. The van der Waals surface area contributed by atoms with E-state index in [1.54, 1.807) is 0 Å². The van der Waals surface area contributed by atoms with Gasteiger partial charge in [-0.2, -0.15) is 0 Å². The van der Waals surface area contributed by atoms with Gasteiger partial charge in [0.05, 0.1) is 0 Å². The van der Waals surface area contributed by atoms with Crippen LogP contribution in [0.1, 0.15) is 23.6 Å². The fourth-order valence-corrected chi connectivity index (χ4v) is 2.36. The van der Waals surface area contributed by atoms with Crippen molar-refractivity contribution in [3.63, 3.8) is 0 Å². The molecule has 106 valence electrons. The molecule has 0 unspecified atom stereocenters. The Labute approximate surface area is 118 Å². The van der Waals surface area contributed by atoms with Gasteiger partial charge in [-0.05, 0) is 49.1 Å². The molecule has 0 spiro atoms. The quantitative estimate of drug-likeness (QED) is 0.866. The Morgan fingerprint density at radius 1 is 1.20 bits per heavy atom. The largest absolute Gasteiger partial charge is 0.350 e. The van der Waals surface area contributed by atoms with Crippen molar-refractivity contribution in [3.8, 4) is 0 Å². The smallest absolute Gasteiger partial charge is 0.287 e. The molecule has 1 aromatic carbocycles. The van der Waals surface area contributed by atoms with Crippen molar-refractivity contribution in [2.24, 2.45) is 7.05 Å². The third-order valence-corrected chi connectivity index (χ3v) is 3.69. The van der Waals surface area contributed by atoms with Gasteiger partial charge in [0, 0.05) is 37.6 Å². The van der Waals surface area contributed by atoms with E-state index < -0.39 is 11.7 Å². The first-order valence-corrected chi connectivity index (χ1v) is 6.74. The molecule has 0 aliphatic carbocycles. The molecular weight excluding hydrogens is 252 g/mol. The lowest BCUT2D eigenvalue weighted by Gasteiger charge is -2.04. The van der Waals surface area contributed by atoms with Crippen LogP contribution in [0.5, 0.6) is 0 Å². The molecule has 0 aliphatic rings. The average molecular weight is 272 g/mol. The molecule has 20 heavy (non-hydrogen) atoms. The van der Waals surface area contributed by atoms with Crippen molar-refractivity contribution in [1.29, 1.82) is 0 Å². The Kier molecular flexibility index (Phi) is 3.93. The molecule has 0 saturated heterocycles. The van der Waals surface area contributed by atoms with Crippen LogP contribution in [-0.4, -0.2) is 22.8 Å². The average Bonchev–Trinajstić information content (AvgIpc) is 2.67. The molecule has 4 heteroatoms. The minimum absolute atomic E-state index is 0.450. The number of rotatable bonds is 4. The maximum Gasteiger partial charge on any atom is 0.287 e. The molecule has 1 heterocycles. The van der Waals surface area contributed by atoms with Crippen LogP contribution in [0.3, 0.4) is 0 Å². The number of amides is 1. The molecule has 1 amide bonds. The van der Waals surface area contributed by atoms with Gasteiger partial charge in [0.1, 0.15) is 0 Å². The molecule has 2 aromatic rings. The molecule has 2 rings (SSSR count). The van der Waals surface area contributed by atoms with E-state index in [0.717, 1.165) is 6.42 Å². The summed E-state index contributed by atoms with van der Waals surface area (Å²) in [7, 11) is 2.02. The van der Waals surface area contributed by atoms with Crippen molar-refractivity contribution < 1.29 is 9.59 Å². The third-order valence-electron chi connectivity index (χ3n) is 3.69. The normalized spacial score (nSPS) is 10.8. The first kappa shape index (κ1) is 14.3. The zero-order valence-corrected chi connectivity index (χ0v) is 12.4. The lowest BCUT2D eigenvalue weighted by atomic mass is 10.0. The van der Waals surface area contributed by atoms with E-state index in [-0.39, 0.29) is 0 Å². The Morgan fingerprint density at radius 2 is 1.85 bits per heavy atom. The first-order chi connectivity index (χ1) is 9.40. The maximum absolute atomic E-state index is 11.2. The van der Waals surface area contributed by atoms with Gasteiger partial charge >= 0.3 is 0 Å². The van der Waals surface area contributed by atoms with Gasteiger partial charge in [-0.15, -0.1) is 0 Å². The second-order valence-electron chi connectivity index (χ2n) is 5.28. The predicted molar refractivity (Wildman–Crippen MR) is 79.8 cm³/mol. The van der Waals surface area contributed by atoms with Crippen LogP contribution >= 0.6 is 0 Å². The van der Waals surface area contributed by atoms with E-state index in [1.807, 2.05) is 7.05 Å². The van der Waals surface area contributed by atoms with Gasteiger partial charge in [0.15, 0.2) is 0 Å². The van der Waals surface area contributed by atoms with Crippen LogP contribution in [0.4, 0.5) is 0 Å². The molecule has 1 aromatic heterocycles. The van der Waals surface area contributed by atoms with Crippen LogP contribution < -0.4 is 5.32 Å². The number of carbonyl (C=O) groups is 2. The number of Topliss-reactive ketones (excluding diaryl/α,β-unsaturated/α-hetero) is 1. The van der Waals surface area contributed by atoms with Crippen LogP contribution in [0, 0.1) is 13.8 Å². The van der Waals surface area contributed by atoms with Crippen molar-refractivity contribution in [2.45, 2.75) is 27.2 Å². The highest BCUT2D eigenvalue weighted by Gasteiger charge is 2.10. The van der Waals surface area contributed by atoms with E-state index in [1.165, 1.54) is 34.5 Å². The fourth-order valence-electron chi connectivity index (χ4n) is 2.36. The highest BCUT2D eigenvalue weighted by molar-refractivity contribution is 6.35. The second-order valence-corrected chi connectivity index (χ2v) is 5.28. The standard InChI is InChI=1S/C16H20N2O2/c1-10-7-14-13(5-6-17-16(20)12(3)19)9-18(4)15(14)8-11(10)2/h7-9H,5-6H2,1-4H3,(H,17,20). The Morgan fingerprint density at radius 3 is 2.50 bits per heavy atom. The molecule has 0 fully saturated rings. The molecule has 0 atom stereocenters. The SMILES string of the molecule is CC(=O)C(=O)NCCc1cn(C)c2cc(C)c(C)cc12. The Bertz CT molecular complexity index is 683. The number of carbonyl (C=O) groups excluding carboxylic acids is 2. The zero-order chi connectivity index (χ0) is 14.9. The minimum Gasteiger partial charge on any atom is -0.350 e. The number of hydrogen-bond donors (Lipinski definition) is 1. The Hall–Kier alpha value is -2.10. The minimum atomic E-state index is -0.516. The summed E-state index contributed by atoms with van der Waals surface area (Å²) in [6.45, 7) is 5.96. The number of ketones is 1.